The van der Waals surface area contributed by atoms with Crippen molar-refractivity contribution in [1.82, 2.24) is 24.5 Å². The second-order valence-electron chi connectivity index (χ2n) is 10.4. The molecule has 204 valence electrons. The summed E-state index contributed by atoms with van der Waals surface area (Å²) in [5.41, 5.74) is 5.86. The van der Waals surface area contributed by atoms with E-state index in [9.17, 15) is 0 Å². The fraction of sp³-hybridized carbons (Fsp3) is 0.323. The average molecular weight is 536 g/mol. The minimum absolute atomic E-state index is 0.496. The first-order valence-corrected chi connectivity index (χ1v) is 14.0. The Kier molecular flexibility index (Phi) is 6.67. The van der Waals surface area contributed by atoms with Gasteiger partial charge in [-0.2, -0.15) is 0 Å². The van der Waals surface area contributed by atoms with Crippen molar-refractivity contribution in [3.8, 4) is 17.0 Å². The van der Waals surface area contributed by atoms with Crippen LogP contribution in [0.3, 0.4) is 0 Å². The van der Waals surface area contributed by atoms with E-state index in [0.29, 0.717) is 12.0 Å². The minimum atomic E-state index is 0.496. The highest BCUT2D eigenvalue weighted by atomic mass is 16.5. The standard InChI is InChI=1S/C31H33N7O2/c1-39-29-20-24(36-14-11-23(12-15-36)37-16-18-40-19-17-37)7-9-27(29)34-31-33-21-25-8-10-28(38(25)35-31)26-6-2-4-22-5-3-13-32-30(22)26/h2-10,13,20-21,23H,11-12,14-19H2,1H3,(H,34,35). The first-order chi connectivity index (χ1) is 19.8. The van der Waals surface area contributed by atoms with Gasteiger partial charge in [-0.1, -0.05) is 24.3 Å². The molecule has 0 radical (unpaired) electrons. The number of anilines is 3. The van der Waals surface area contributed by atoms with E-state index < -0.39 is 0 Å². The lowest BCUT2D eigenvalue weighted by Gasteiger charge is -2.40. The van der Waals surface area contributed by atoms with Crippen LogP contribution >= 0.6 is 0 Å². The van der Waals surface area contributed by atoms with Gasteiger partial charge in [0.1, 0.15) is 5.75 Å². The third kappa shape index (κ3) is 4.71. The van der Waals surface area contributed by atoms with E-state index in [1.165, 1.54) is 18.5 Å². The minimum Gasteiger partial charge on any atom is -0.494 e. The molecule has 0 amide bonds. The van der Waals surface area contributed by atoms with Crippen LogP contribution in [0, 0.1) is 0 Å². The Labute approximate surface area is 233 Å². The van der Waals surface area contributed by atoms with Gasteiger partial charge < -0.3 is 19.7 Å². The van der Waals surface area contributed by atoms with Gasteiger partial charge in [0.25, 0.3) is 0 Å². The molecule has 2 saturated heterocycles. The smallest absolute Gasteiger partial charge is 0.245 e. The summed E-state index contributed by atoms with van der Waals surface area (Å²) >= 11 is 0. The predicted octanol–water partition coefficient (Wildman–Crippen LogP) is 5.00. The molecule has 1 N–H and O–H groups in total. The number of hydrogen-bond acceptors (Lipinski definition) is 8. The molecule has 5 heterocycles. The molecule has 7 rings (SSSR count). The Bertz CT molecular complexity index is 1630. The summed E-state index contributed by atoms with van der Waals surface area (Å²) in [5, 5.41) is 9.32. The van der Waals surface area contributed by atoms with Crippen LogP contribution in [0.4, 0.5) is 17.3 Å². The monoisotopic (exact) mass is 535 g/mol. The van der Waals surface area contributed by atoms with Gasteiger partial charge in [-0.25, -0.2) is 9.50 Å². The molecule has 2 aliphatic rings. The number of morpholine rings is 1. The zero-order valence-corrected chi connectivity index (χ0v) is 22.7. The number of pyridine rings is 1. The molecule has 0 atom stereocenters. The van der Waals surface area contributed by atoms with Crippen LogP contribution < -0.4 is 15.0 Å². The number of nitrogens with one attached hydrogen (secondary N) is 1. The largest absolute Gasteiger partial charge is 0.494 e. The number of benzene rings is 2. The number of hydrogen-bond donors (Lipinski definition) is 1. The summed E-state index contributed by atoms with van der Waals surface area (Å²) in [5.74, 6) is 1.26. The SMILES string of the molecule is COc1cc(N2CCC(N3CCOCC3)CC2)ccc1Nc1ncc2ccc(-c3cccc4cccnc34)n2n1. The highest BCUT2D eigenvalue weighted by Gasteiger charge is 2.26. The average Bonchev–Trinajstić information content (AvgIpc) is 3.44. The topological polar surface area (TPSA) is 80.0 Å². The zero-order chi connectivity index (χ0) is 26.9. The van der Waals surface area contributed by atoms with E-state index >= 15 is 0 Å². The van der Waals surface area contributed by atoms with Gasteiger partial charge in [0.2, 0.25) is 5.95 Å². The second-order valence-corrected chi connectivity index (χ2v) is 10.4. The third-order valence-corrected chi connectivity index (χ3v) is 8.13. The number of nitrogens with zero attached hydrogens (tertiary/aromatic N) is 6. The highest BCUT2D eigenvalue weighted by molar-refractivity contribution is 5.93. The highest BCUT2D eigenvalue weighted by Crippen LogP contribution is 2.34. The molecule has 2 aromatic carbocycles. The Hall–Kier alpha value is -4.21. The first-order valence-electron chi connectivity index (χ1n) is 14.0. The molecule has 2 fully saturated rings. The Morgan fingerprint density at radius 1 is 0.925 bits per heavy atom. The number of fused-ring (bicyclic) bond motifs is 2. The van der Waals surface area contributed by atoms with Crippen molar-refractivity contribution in [2.75, 3.05) is 56.7 Å². The lowest BCUT2D eigenvalue weighted by atomic mass is 10.0. The maximum absolute atomic E-state index is 5.80. The molecule has 2 aliphatic heterocycles. The Morgan fingerprint density at radius 3 is 2.62 bits per heavy atom. The fourth-order valence-electron chi connectivity index (χ4n) is 6.01. The molecule has 0 bridgehead atoms. The predicted molar refractivity (Wildman–Crippen MR) is 158 cm³/mol. The van der Waals surface area contributed by atoms with Crippen LogP contribution in [0.25, 0.3) is 27.7 Å². The maximum Gasteiger partial charge on any atom is 0.245 e. The molecule has 9 nitrogen and oxygen atoms in total. The molecule has 9 heteroatoms. The number of piperidine rings is 1. The van der Waals surface area contributed by atoms with Gasteiger partial charge >= 0.3 is 0 Å². The van der Waals surface area contributed by atoms with E-state index in [-0.39, 0.29) is 0 Å². The van der Waals surface area contributed by atoms with Crippen molar-refractivity contribution < 1.29 is 9.47 Å². The number of rotatable bonds is 6. The van der Waals surface area contributed by atoms with Crippen molar-refractivity contribution in [3.05, 3.63) is 73.1 Å². The summed E-state index contributed by atoms with van der Waals surface area (Å²) in [6, 6.07) is 21.3. The maximum atomic E-state index is 5.80. The molecule has 5 aromatic rings. The van der Waals surface area contributed by atoms with E-state index in [4.69, 9.17) is 14.6 Å². The summed E-state index contributed by atoms with van der Waals surface area (Å²) in [4.78, 5) is 14.3. The number of aromatic nitrogens is 4. The Morgan fingerprint density at radius 2 is 1.77 bits per heavy atom. The molecule has 3 aromatic heterocycles. The van der Waals surface area contributed by atoms with Gasteiger partial charge in [0, 0.05) is 61.1 Å². The Balaban J connectivity index is 1.11. The van der Waals surface area contributed by atoms with Crippen LogP contribution in [0.5, 0.6) is 5.75 Å². The van der Waals surface area contributed by atoms with Crippen molar-refractivity contribution in [1.29, 1.82) is 0 Å². The molecule has 0 unspecified atom stereocenters. The van der Waals surface area contributed by atoms with Crippen molar-refractivity contribution >= 4 is 33.7 Å². The second kappa shape index (κ2) is 10.7. The summed E-state index contributed by atoms with van der Waals surface area (Å²) in [6.45, 7) is 5.89. The van der Waals surface area contributed by atoms with Gasteiger partial charge in [-0.05, 0) is 43.2 Å². The summed E-state index contributed by atoms with van der Waals surface area (Å²) in [6.07, 6.45) is 5.99. The van der Waals surface area contributed by atoms with Gasteiger partial charge in [-0.15, -0.1) is 5.10 Å². The van der Waals surface area contributed by atoms with E-state index in [1.807, 2.05) is 29.0 Å². The zero-order valence-electron chi connectivity index (χ0n) is 22.7. The first kappa shape index (κ1) is 24.8. The fourth-order valence-corrected chi connectivity index (χ4v) is 6.01. The normalized spacial score (nSPS) is 17.0. The number of methoxy groups -OCH3 is 1. The lowest BCUT2D eigenvalue weighted by molar-refractivity contribution is 0.0115. The molecule has 0 saturated carbocycles. The van der Waals surface area contributed by atoms with Crippen LogP contribution in [-0.4, -0.2) is 77.0 Å². The molecule has 40 heavy (non-hydrogen) atoms. The van der Waals surface area contributed by atoms with E-state index in [2.05, 4.69) is 73.6 Å². The van der Waals surface area contributed by atoms with Crippen molar-refractivity contribution in [2.24, 2.45) is 0 Å². The van der Waals surface area contributed by atoms with Crippen LogP contribution in [0.1, 0.15) is 12.8 Å². The molecular formula is C31H33N7O2. The van der Waals surface area contributed by atoms with Gasteiger partial charge in [0.05, 0.1) is 48.9 Å². The third-order valence-electron chi connectivity index (χ3n) is 8.13. The quantitative estimate of drug-likeness (QED) is 0.326. The van der Waals surface area contributed by atoms with Crippen LogP contribution in [0.15, 0.2) is 73.1 Å². The molecular weight excluding hydrogens is 502 g/mol. The van der Waals surface area contributed by atoms with Crippen LogP contribution in [0.2, 0.25) is 0 Å². The van der Waals surface area contributed by atoms with E-state index in [1.54, 1.807) is 7.11 Å². The number of para-hydroxylation sites is 1. The lowest BCUT2D eigenvalue weighted by Crippen LogP contribution is -2.49. The molecule has 0 spiro atoms. The van der Waals surface area contributed by atoms with Gasteiger partial charge in [-0.3, -0.25) is 9.88 Å². The van der Waals surface area contributed by atoms with Gasteiger partial charge in [0.15, 0.2) is 0 Å². The van der Waals surface area contributed by atoms with Crippen LogP contribution in [-0.2, 0) is 4.74 Å². The number of ether oxygens (including phenoxy) is 2. The molecule has 0 aliphatic carbocycles. The van der Waals surface area contributed by atoms with Crippen molar-refractivity contribution in [2.45, 2.75) is 18.9 Å². The van der Waals surface area contributed by atoms with E-state index in [0.717, 1.165) is 78.5 Å². The summed E-state index contributed by atoms with van der Waals surface area (Å²) in [7, 11) is 1.70. The van der Waals surface area contributed by atoms with Crippen molar-refractivity contribution in [3.63, 3.8) is 0 Å². The summed E-state index contributed by atoms with van der Waals surface area (Å²) < 4.78 is 13.2.